The molecular weight excluding hydrogens is 460 g/mol. The minimum Gasteiger partial charge on any atom is -0.382 e. The highest BCUT2D eigenvalue weighted by Gasteiger charge is 2.40. The van der Waals surface area contributed by atoms with Crippen molar-refractivity contribution in [2.24, 2.45) is 4.99 Å². The van der Waals surface area contributed by atoms with Crippen molar-refractivity contribution in [2.75, 3.05) is 37.6 Å². The summed E-state index contributed by atoms with van der Waals surface area (Å²) in [6, 6.07) is 5.75. The molecule has 4 heterocycles. The number of nitrogen functional groups attached to an aromatic ring is 2. The first-order valence-electron chi connectivity index (χ1n) is 11.0. The van der Waals surface area contributed by atoms with Crippen LogP contribution < -0.4 is 27.4 Å². The number of carbonyl (C=O) groups excluding carboxylic acids is 2. The lowest BCUT2D eigenvalue weighted by molar-refractivity contribution is 0.0998. The summed E-state index contributed by atoms with van der Waals surface area (Å²) in [5, 5.41) is 9.27. The fourth-order valence-corrected chi connectivity index (χ4v) is 4.10. The third kappa shape index (κ3) is 5.45. The average molecular weight is 487 g/mol. The van der Waals surface area contributed by atoms with Crippen LogP contribution in [0.1, 0.15) is 35.4 Å². The summed E-state index contributed by atoms with van der Waals surface area (Å²) in [4.78, 5) is 42.8. The van der Waals surface area contributed by atoms with Crippen LogP contribution in [-0.4, -0.2) is 69.5 Å². The molecule has 1 spiro atoms. The summed E-state index contributed by atoms with van der Waals surface area (Å²) in [7, 11) is 0. The number of anilines is 2. The number of amides is 3. The maximum Gasteiger partial charge on any atom is 0.317 e. The predicted octanol–water partition coefficient (Wildman–Crippen LogP) is 0.555. The number of hydrogen-bond acceptors (Lipinski definition) is 7. The van der Waals surface area contributed by atoms with Crippen molar-refractivity contribution in [2.45, 2.75) is 31.2 Å². The number of likely N-dealkylation sites (tertiary alicyclic amines) is 1. The van der Waals surface area contributed by atoms with Crippen LogP contribution in [0.4, 0.5) is 16.4 Å². The standard InChI is InChI=1S/C21H27ClN10O2/c22-15-17(24)29-16(23)14(28-15)18(33)30-19-27-12-21(31-19)6-10-32(11-7-21)20(34)26-9-3-5-13-4-1-2-8-25-13/h1-2,4,8H,3,5-7,9-12H2,(H,26,34)(H4,23,24,29)(H2,27,30,31,33). The van der Waals surface area contributed by atoms with Crippen molar-refractivity contribution in [1.29, 1.82) is 0 Å². The zero-order chi connectivity index (χ0) is 24.1. The number of urea groups is 1. The van der Waals surface area contributed by atoms with Gasteiger partial charge in [-0.3, -0.25) is 9.78 Å². The third-order valence-electron chi connectivity index (χ3n) is 5.92. The number of pyridine rings is 1. The fraction of sp³-hybridized carbons (Fsp3) is 0.429. The van der Waals surface area contributed by atoms with Crippen LogP contribution in [0.5, 0.6) is 0 Å². The Morgan fingerprint density at radius 1 is 1.21 bits per heavy atom. The Balaban J connectivity index is 1.25. The number of rotatable bonds is 5. The van der Waals surface area contributed by atoms with E-state index in [0.717, 1.165) is 18.5 Å². The topological polar surface area (TPSA) is 177 Å². The van der Waals surface area contributed by atoms with E-state index in [1.165, 1.54) is 0 Å². The summed E-state index contributed by atoms with van der Waals surface area (Å²) in [6.45, 7) is 2.36. The molecule has 4 rings (SSSR count). The molecule has 0 saturated carbocycles. The summed E-state index contributed by atoms with van der Waals surface area (Å²) in [5.74, 6) is -0.542. The number of piperidine rings is 1. The number of carbonyl (C=O) groups is 2. The summed E-state index contributed by atoms with van der Waals surface area (Å²) >= 11 is 5.84. The van der Waals surface area contributed by atoms with Gasteiger partial charge in [0.25, 0.3) is 0 Å². The molecule has 12 nitrogen and oxygen atoms in total. The molecule has 2 aromatic heterocycles. The zero-order valence-electron chi connectivity index (χ0n) is 18.6. The number of nitrogens with zero attached hydrogens (tertiary/aromatic N) is 5. The fourth-order valence-electron chi connectivity index (χ4n) is 3.98. The summed E-state index contributed by atoms with van der Waals surface area (Å²) in [5.41, 5.74) is 11.8. The van der Waals surface area contributed by atoms with Crippen LogP contribution in [0.15, 0.2) is 29.4 Å². The Kier molecular flexibility index (Phi) is 6.96. The van der Waals surface area contributed by atoms with Crippen LogP contribution in [0.3, 0.4) is 0 Å². The number of nitrogens with one attached hydrogen (secondary N) is 3. The molecule has 0 bridgehead atoms. The maximum atomic E-state index is 12.5. The highest BCUT2D eigenvalue weighted by Crippen LogP contribution is 2.25. The molecule has 2 aliphatic heterocycles. The smallest absolute Gasteiger partial charge is 0.317 e. The van der Waals surface area contributed by atoms with Gasteiger partial charge in [0.15, 0.2) is 28.4 Å². The van der Waals surface area contributed by atoms with E-state index in [9.17, 15) is 9.59 Å². The van der Waals surface area contributed by atoms with E-state index < -0.39 is 5.91 Å². The van der Waals surface area contributed by atoms with E-state index >= 15 is 0 Å². The Morgan fingerprint density at radius 2 is 2.00 bits per heavy atom. The van der Waals surface area contributed by atoms with Crippen molar-refractivity contribution in [3.05, 3.63) is 40.9 Å². The van der Waals surface area contributed by atoms with Crippen molar-refractivity contribution >= 4 is 41.1 Å². The van der Waals surface area contributed by atoms with Gasteiger partial charge in [-0.15, -0.1) is 0 Å². The normalized spacial score (nSPS) is 17.9. The molecule has 3 amide bonds. The number of aryl methyl sites for hydroxylation is 1. The van der Waals surface area contributed by atoms with Gasteiger partial charge < -0.3 is 32.3 Å². The van der Waals surface area contributed by atoms with Gasteiger partial charge in [0.2, 0.25) is 0 Å². The number of hydrogen-bond donors (Lipinski definition) is 5. The summed E-state index contributed by atoms with van der Waals surface area (Å²) in [6.07, 6.45) is 4.84. The molecule has 2 aliphatic rings. The molecule has 2 saturated heterocycles. The number of guanidine groups is 1. The van der Waals surface area contributed by atoms with Gasteiger partial charge in [-0.2, -0.15) is 4.99 Å². The van der Waals surface area contributed by atoms with E-state index in [0.29, 0.717) is 45.0 Å². The minimum atomic E-state index is -0.679. The van der Waals surface area contributed by atoms with Gasteiger partial charge in [-0.1, -0.05) is 17.7 Å². The molecule has 180 valence electrons. The first kappa shape index (κ1) is 23.5. The molecule has 0 aliphatic carbocycles. The van der Waals surface area contributed by atoms with Gasteiger partial charge in [-0.25, -0.2) is 14.8 Å². The van der Waals surface area contributed by atoms with Gasteiger partial charge in [0.05, 0.1) is 5.54 Å². The first-order chi connectivity index (χ1) is 16.3. The van der Waals surface area contributed by atoms with E-state index in [1.54, 1.807) is 11.1 Å². The van der Waals surface area contributed by atoms with E-state index in [-0.39, 0.29) is 34.1 Å². The third-order valence-corrected chi connectivity index (χ3v) is 6.20. The van der Waals surface area contributed by atoms with Crippen LogP contribution in [0.25, 0.3) is 0 Å². The number of aromatic nitrogens is 3. The molecule has 34 heavy (non-hydrogen) atoms. The molecule has 0 unspecified atom stereocenters. The Labute approximate surface area is 201 Å². The maximum absolute atomic E-state index is 12.5. The number of aliphatic imine (C=N–C) groups is 1. The van der Waals surface area contributed by atoms with E-state index in [1.807, 2.05) is 18.2 Å². The van der Waals surface area contributed by atoms with E-state index in [2.05, 4.69) is 35.9 Å². The van der Waals surface area contributed by atoms with Gasteiger partial charge in [-0.05, 0) is 37.8 Å². The summed E-state index contributed by atoms with van der Waals surface area (Å²) < 4.78 is 0. The second-order valence-corrected chi connectivity index (χ2v) is 8.66. The van der Waals surface area contributed by atoms with Crippen LogP contribution in [0, 0.1) is 0 Å². The second kappa shape index (κ2) is 10.1. The minimum absolute atomic E-state index is 0.0524. The van der Waals surface area contributed by atoms with Crippen molar-refractivity contribution in [1.82, 2.24) is 35.8 Å². The molecule has 7 N–H and O–H groups in total. The van der Waals surface area contributed by atoms with Crippen molar-refractivity contribution < 1.29 is 9.59 Å². The monoisotopic (exact) mass is 486 g/mol. The highest BCUT2D eigenvalue weighted by atomic mass is 35.5. The largest absolute Gasteiger partial charge is 0.382 e. The predicted molar refractivity (Wildman–Crippen MR) is 128 cm³/mol. The molecule has 0 aromatic carbocycles. The highest BCUT2D eigenvalue weighted by molar-refractivity contribution is 6.31. The molecule has 13 heteroatoms. The van der Waals surface area contributed by atoms with Crippen LogP contribution in [-0.2, 0) is 6.42 Å². The van der Waals surface area contributed by atoms with Gasteiger partial charge in [0.1, 0.15) is 0 Å². The van der Waals surface area contributed by atoms with Gasteiger partial charge >= 0.3 is 11.9 Å². The molecule has 0 radical (unpaired) electrons. The SMILES string of the molecule is Nc1nc(N)c(C(=O)/N=C2\NCC3(CCN(C(=O)NCCCc4ccccn4)CC3)N2)nc1Cl. The lowest BCUT2D eigenvalue weighted by atomic mass is 9.89. The van der Waals surface area contributed by atoms with Crippen molar-refractivity contribution in [3.8, 4) is 0 Å². The second-order valence-electron chi connectivity index (χ2n) is 8.30. The molecule has 0 atom stereocenters. The average Bonchev–Trinajstić information content (AvgIpc) is 3.21. The van der Waals surface area contributed by atoms with Crippen LogP contribution in [0.2, 0.25) is 5.15 Å². The molecular formula is C21H27ClN10O2. The number of nitrogens with two attached hydrogens (primary N) is 2. The quantitative estimate of drug-likeness (QED) is 0.377. The van der Waals surface area contributed by atoms with E-state index in [4.69, 9.17) is 23.1 Å². The lowest BCUT2D eigenvalue weighted by Crippen LogP contribution is -2.55. The molecule has 2 aromatic rings. The van der Waals surface area contributed by atoms with Crippen molar-refractivity contribution in [3.63, 3.8) is 0 Å². The Hall–Kier alpha value is -3.67. The Bertz CT molecular complexity index is 1090. The van der Waals surface area contributed by atoms with Crippen LogP contribution >= 0.6 is 11.6 Å². The molecule has 2 fully saturated rings. The lowest BCUT2D eigenvalue weighted by Gasteiger charge is -2.38. The van der Waals surface area contributed by atoms with Gasteiger partial charge in [0, 0.05) is 38.1 Å². The Morgan fingerprint density at radius 3 is 2.74 bits per heavy atom. The zero-order valence-corrected chi connectivity index (χ0v) is 19.3. The first-order valence-corrected chi connectivity index (χ1v) is 11.4. The number of halogens is 1.